The zero-order chi connectivity index (χ0) is 14.1. The van der Waals surface area contributed by atoms with Gasteiger partial charge in [0.2, 0.25) is 0 Å². The summed E-state index contributed by atoms with van der Waals surface area (Å²) >= 11 is 0. The highest BCUT2D eigenvalue weighted by Crippen LogP contribution is 2.35. The van der Waals surface area contributed by atoms with E-state index in [4.69, 9.17) is 9.47 Å². The van der Waals surface area contributed by atoms with Crippen molar-refractivity contribution in [2.24, 2.45) is 0 Å². The number of likely N-dealkylation sites (N-methyl/N-ethyl adjacent to an activating group) is 1. The lowest BCUT2D eigenvalue weighted by Crippen LogP contribution is -2.36. The molecular formula is C15H19NO4. The lowest BCUT2D eigenvalue weighted by atomic mass is 10.1. The van der Waals surface area contributed by atoms with Gasteiger partial charge in [-0.3, -0.25) is 4.79 Å². The quantitative estimate of drug-likeness (QED) is 0.886. The lowest BCUT2D eigenvalue weighted by Gasteiger charge is -2.20. The minimum Gasteiger partial charge on any atom is -0.490 e. The molecule has 0 spiro atoms. The number of aliphatic hydroxyl groups excluding tert-OH is 1. The number of aliphatic hydroxyl groups is 1. The second-order valence-electron chi connectivity index (χ2n) is 5.23. The second-order valence-corrected chi connectivity index (χ2v) is 5.23. The molecule has 1 aliphatic heterocycles. The van der Waals surface area contributed by atoms with E-state index in [0.717, 1.165) is 24.9 Å². The first-order valence-corrected chi connectivity index (χ1v) is 7.06. The maximum Gasteiger partial charge on any atom is 0.260 e. The van der Waals surface area contributed by atoms with Crippen LogP contribution >= 0.6 is 0 Å². The second kappa shape index (κ2) is 5.32. The van der Waals surface area contributed by atoms with E-state index in [2.05, 4.69) is 0 Å². The molecule has 5 nitrogen and oxygen atoms in total. The molecule has 0 bridgehead atoms. The number of carbonyl (C=O) groups is 1. The van der Waals surface area contributed by atoms with Crippen molar-refractivity contribution in [2.75, 3.05) is 19.8 Å². The Kier molecular flexibility index (Phi) is 3.53. The number of nitrogens with zero attached hydrogens (tertiary/aromatic N) is 1. The third-order valence-electron chi connectivity index (χ3n) is 3.75. The third kappa shape index (κ3) is 2.58. The molecule has 1 aliphatic carbocycles. The van der Waals surface area contributed by atoms with E-state index in [1.54, 1.807) is 18.2 Å². The molecule has 1 heterocycles. The fourth-order valence-corrected chi connectivity index (χ4v) is 2.52. The average molecular weight is 277 g/mol. The topological polar surface area (TPSA) is 59.0 Å². The monoisotopic (exact) mass is 277 g/mol. The van der Waals surface area contributed by atoms with Crippen molar-refractivity contribution in [3.63, 3.8) is 0 Å². The van der Waals surface area contributed by atoms with E-state index in [-0.39, 0.29) is 19.1 Å². The molecule has 3 rings (SSSR count). The first kappa shape index (κ1) is 13.2. The Morgan fingerprint density at radius 1 is 1.50 bits per heavy atom. The van der Waals surface area contributed by atoms with Crippen LogP contribution in [0.5, 0.6) is 11.5 Å². The third-order valence-corrected chi connectivity index (χ3v) is 3.75. The Labute approximate surface area is 118 Å². The van der Waals surface area contributed by atoms with Gasteiger partial charge in [0, 0.05) is 24.2 Å². The van der Waals surface area contributed by atoms with Gasteiger partial charge in [0.1, 0.15) is 24.2 Å². The van der Waals surface area contributed by atoms with Crippen LogP contribution in [0.15, 0.2) is 18.2 Å². The predicted octanol–water partition coefficient (Wildman–Crippen LogP) is 1.50. The highest BCUT2D eigenvalue weighted by Gasteiger charge is 2.31. The summed E-state index contributed by atoms with van der Waals surface area (Å²) in [5, 5.41) is 9.64. The molecule has 1 unspecified atom stereocenters. The number of rotatable bonds is 5. The molecule has 1 atom stereocenters. The van der Waals surface area contributed by atoms with Crippen molar-refractivity contribution < 1.29 is 19.4 Å². The highest BCUT2D eigenvalue weighted by molar-refractivity contribution is 5.78. The van der Waals surface area contributed by atoms with Crippen molar-refractivity contribution >= 4 is 5.91 Å². The lowest BCUT2D eigenvalue weighted by molar-refractivity contribution is -0.133. The standard InChI is InChI=1S/C15H19NO4/c1-2-16(10-3-4-10)15(18)9-19-11-5-6-12-13(17)8-20-14(12)7-11/h5-7,10,13,17H,2-4,8-9H2,1H3. The van der Waals surface area contributed by atoms with Crippen molar-refractivity contribution in [2.45, 2.75) is 31.9 Å². The highest BCUT2D eigenvalue weighted by atomic mass is 16.5. The van der Waals surface area contributed by atoms with E-state index in [1.807, 2.05) is 11.8 Å². The van der Waals surface area contributed by atoms with E-state index >= 15 is 0 Å². The molecule has 1 saturated carbocycles. The van der Waals surface area contributed by atoms with Gasteiger partial charge in [-0.1, -0.05) is 0 Å². The molecule has 1 fully saturated rings. The maximum atomic E-state index is 12.0. The summed E-state index contributed by atoms with van der Waals surface area (Å²) in [5.41, 5.74) is 0.775. The molecule has 108 valence electrons. The minimum atomic E-state index is -0.564. The van der Waals surface area contributed by atoms with Crippen LogP contribution in [-0.4, -0.2) is 41.7 Å². The summed E-state index contributed by atoms with van der Waals surface area (Å²) in [4.78, 5) is 13.9. The van der Waals surface area contributed by atoms with E-state index in [9.17, 15) is 9.90 Å². The number of hydrogen-bond acceptors (Lipinski definition) is 4. The number of amides is 1. The van der Waals surface area contributed by atoms with Gasteiger partial charge in [-0.2, -0.15) is 0 Å². The molecular weight excluding hydrogens is 258 g/mol. The van der Waals surface area contributed by atoms with Crippen molar-refractivity contribution in [3.8, 4) is 11.5 Å². The summed E-state index contributed by atoms with van der Waals surface area (Å²) < 4.78 is 10.9. The van der Waals surface area contributed by atoms with Gasteiger partial charge in [0.25, 0.3) is 5.91 Å². The number of hydrogen-bond donors (Lipinski definition) is 1. The zero-order valence-electron chi connectivity index (χ0n) is 11.5. The number of fused-ring (bicyclic) bond motifs is 1. The van der Waals surface area contributed by atoms with Crippen molar-refractivity contribution in [3.05, 3.63) is 23.8 Å². The molecule has 1 amide bonds. The Bertz CT molecular complexity index is 513. The zero-order valence-corrected chi connectivity index (χ0v) is 11.5. The summed E-state index contributed by atoms with van der Waals surface area (Å²) in [5.74, 6) is 1.26. The van der Waals surface area contributed by atoms with Crippen molar-refractivity contribution in [1.82, 2.24) is 4.90 Å². The molecule has 2 aliphatic rings. The van der Waals surface area contributed by atoms with E-state index in [0.29, 0.717) is 17.5 Å². The van der Waals surface area contributed by atoms with Gasteiger partial charge in [0.15, 0.2) is 6.61 Å². The first-order chi connectivity index (χ1) is 9.69. The molecule has 1 N–H and O–H groups in total. The minimum absolute atomic E-state index is 0.0245. The molecule has 0 saturated heterocycles. The average Bonchev–Trinajstić information content (AvgIpc) is 3.22. The fraction of sp³-hybridized carbons (Fsp3) is 0.533. The fourth-order valence-electron chi connectivity index (χ4n) is 2.52. The number of ether oxygens (including phenoxy) is 2. The molecule has 5 heteroatoms. The largest absolute Gasteiger partial charge is 0.490 e. The molecule has 20 heavy (non-hydrogen) atoms. The molecule has 1 aromatic rings. The van der Waals surface area contributed by atoms with Crippen LogP contribution in [-0.2, 0) is 4.79 Å². The van der Waals surface area contributed by atoms with Crippen LogP contribution in [0.2, 0.25) is 0 Å². The normalized spacial score (nSPS) is 20.2. The summed E-state index contributed by atoms with van der Waals surface area (Å²) in [6, 6.07) is 5.68. The van der Waals surface area contributed by atoms with Crippen LogP contribution in [0.4, 0.5) is 0 Å². The van der Waals surface area contributed by atoms with Crippen LogP contribution in [0.3, 0.4) is 0 Å². The SMILES string of the molecule is CCN(C(=O)COc1ccc2c(c1)OCC2O)C1CC1. The summed E-state index contributed by atoms with van der Waals surface area (Å²) in [6.07, 6.45) is 1.64. The van der Waals surface area contributed by atoms with Gasteiger partial charge >= 0.3 is 0 Å². The van der Waals surface area contributed by atoms with Gasteiger partial charge < -0.3 is 19.5 Å². The van der Waals surface area contributed by atoms with Gasteiger partial charge in [-0.05, 0) is 31.9 Å². The molecule has 0 radical (unpaired) electrons. The summed E-state index contributed by atoms with van der Waals surface area (Å²) in [6.45, 7) is 3.04. The van der Waals surface area contributed by atoms with Gasteiger partial charge in [-0.25, -0.2) is 0 Å². The van der Waals surface area contributed by atoms with Crippen LogP contribution in [0.1, 0.15) is 31.4 Å². The smallest absolute Gasteiger partial charge is 0.260 e. The summed E-state index contributed by atoms with van der Waals surface area (Å²) in [7, 11) is 0. The van der Waals surface area contributed by atoms with Gasteiger partial charge in [-0.15, -0.1) is 0 Å². The Hall–Kier alpha value is -1.75. The number of benzene rings is 1. The maximum absolute atomic E-state index is 12.0. The first-order valence-electron chi connectivity index (χ1n) is 7.06. The van der Waals surface area contributed by atoms with Crippen molar-refractivity contribution in [1.29, 1.82) is 0 Å². The Morgan fingerprint density at radius 2 is 2.30 bits per heavy atom. The molecule has 1 aromatic carbocycles. The predicted molar refractivity (Wildman–Crippen MR) is 72.8 cm³/mol. The van der Waals surface area contributed by atoms with Gasteiger partial charge in [0.05, 0.1) is 0 Å². The van der Waals surface area contributed by atoms with E-state index in [1.165, 1.54) is 0 Å². The van der Waals surface area contributed by atoms with Crippen LogP contribution in [0.25, 0.3) is 0 Å². The van der Waals surface area contributed by atoms with Crippen LogP contribution in [0, 0.1) is 0 Å². The Balaban J connectivity index is 1.60. The molecule has 0 aromatic heterocycles. The Morgan fingerprint density at radius 3 is 3.00 bits per heavy atom. The van der Waals surface area contributed by atoms with E-state index < -0.39 is 6.10 Å². The number of carbonyl (C=O) groups excluding carboxylic acids is 1. The van der Waals surface area contributed by atoms with Crippen LogP contribution < -0.4 is 9.47 Å².